The maximum Gasteiger partial charge on any atom is 0.255 e. The molecule has 1 atom stereocenters. The Labute approximate surface area is 137 Å². The molecule has 3 aromatic rings. The summed E-state index contributed by atoms with van der Waals surface area (Å²) in [6.07, 6.45) is 4.24. The minimum absolute atomic E-state index is 0.182. The minimum Gasteiger partial charge on any atom is -0.343 e. The van der Waals surface area contributed by atoms with Crippen LogP contribution in [0.2, 0.25) is 0 Å². The van der Waals surface area contributed by atoms with E-state index >= 15 is 0 Å². The van der Waals surface area contributed by atoms with Crippen LogP contribution >= 0.6 is 11.3 Å². The normalized spacial score (nSPS) is 12.3. The van der Waals surface area contributed by atoms with E-state index in [1.807, 2.05) is 19.2 Å². The van der Waals surface area contributed by atoms with E-state index in [1.54, 1.807) is 29.5 Å². The zero-order valence-corrected chi connectivity index (χ0v) is 13.7. The molecule has 23 heavy (non-hydrogen) atoms. The molecule has 118 valence electrons. The number of hydrogen-bond donors (Lipinski definition) is 2. The molecule has 0 fully saturated rings. The van der Waals surface area contributed by atoms with E-state index in [0.717, 1.165) is 11.4 Å². The smallest absolute Gasteiger partial charge is 0.255 e. The van der Waals surface area contributed by atoms with Crippen molar-refractivity contribution in [1.82, 2.24) is 15.3 Å². The molecule has 0 radical (unpaired) electrons. The first-order valence-corrected chi connectivity index (χ1v) is 8.27. The number of aromatic amines is 1. The lowest BCUT2D eigenvalue weighted by molar-refractivity contribution is 0.0941. The highest BCUT2D eigenvalue weighted by Crippen LogP contribution is 2.21. The number of thiazole rings is 1. The molecule has 0 saturated heterocycles. The first-order valence-electron chi connectivity index (χ1n) is 7.46. The predicted molar refractivity (Wildman–Crippen MR) is 91.9 cm³/mol. The molecular weight excluding hydrogens is 310 g/mol. The second-order valence-corrected chi connectivity index (χ2v) is 6.44. The van der Waals surface area contributed by atoms with Gasteiger partial charge in [0, 0.05) is 28.0 Å². The van der Waals surface area contributed by atoms with Crippen LogP contribution in [0.25, 0.3) is 10.8 Å². The van der Waals surface area contributed by atoms with Crippen molar-refractivity contribution < 1.29 is 4.79 Å². The average Bonchev–Trinajstić information content (AvgIpc) is 3.04. The number of amides is 1. The summed E-state index contributed by atoms with van der Waals surface area (Å²) in [5.74, 6) is -0.224. The molecule has 0 spiro atoms. The maximum atomic E-state index is 12.6. The molecule has 5 nitrogen and oxygen atoms in total. The Morgan fingerprint density at radius 1 is 1.35 bits per heavy atom. The third kappa shape index (κ3) is 3.03. The van der Waals surface area contributed by atoms with Gasteiger partial charge in [-0.1, -0.05) is 25.1 Å². The van der Waals surface area contributed by atoms with Gasteiger partial charge in [0.25, 0.3) is 11.5 Å². The van der Waals surface area contributed by atoms with E-state index in [-0.39, 0.29) is 17.5 Å². The van der Waals surface area contributed by atoms with E-state index in [2.05, 4.69) is 22.2 Å². The van der Waals surface area contributed by atoms with Crippen LogP contribution in [0.1, 0.15) is 40.1 Å². The van der Waals surface area contributed by atoms with Crippen molar-refractivity contribution in [2.75, 3.05) is 0 Å². The highest BCUT2D eigenvalue weighted by molar-refractivity contribution is 7.11. The fraction of sp³-hybridized carbons (Fsp3) is 0.235. The monoisotopic (exact) mass is 327 g/mol. The molecule has 0 aliphatic heterocycles. The Balaban J connectivity index is 1.89. The number of benzene rings is 1. The van der Waals surface area contributed by atoms with E-state index < -0.39 is 0 Å². The molecule has 0 bridgehead atoms. The number of nitrogens with one attached hydrogen (secondary N) is 2. The van der Waals surface area contributed by atoms with Crippen molar-refractivity contribution in [2.24, 2.45) is 0 Å². The molecule has 3 rings (SSSR count). The van der Waals surface area contributed by atoms with Crippen LogP contribution < -0.4 is 10.9 Å². The molecule has 0 aliphatic rings. The van der Waals surface area contributed by atoms with Crippen molar-refractivity contribution in [2.45, 2.75) is 26.3 Å². The number of pyridine rings is 1. The molecule has 0 saturated carbocycles. The third-order valence-electron chi connectivity index (χ3n) is 3.69. The van der Waals surface area contributed by atoms with Crippen molar-refractivity contribution in [3.05, 3.63) is 62.5 Å². The SMILES string of the molecule is CCc1cnc([C@H](C)NC(=O)c2c[nH]c(=O)c3ccccc23)s1. The van der Waals surface area contributed by atoms with Gasteiger partial charge in [0.2, 0.25) is 0 Å². The number of aromatic nitrogens is 2. The van der Waals surface area contributed by atoms with E-state index in [1.165, 1.54) is 11.1 Å². The first kappa shape index (κ1) is 15.4. The van der Waals surface area contributed by atoms with Crippen LogP contribution in [0.15, 0.2) is 41.5 Å². The zero-order valence-electron chi connectivity index (χ0n) is 12.9. The second-order valence-electron chi connectivity index (χ2n) is 5.29. The topological polar surface area (TPSA) is 74.8 Å². The van der Waals surface area contributed by atoms with Gasteiger partial charge in [-0.25, -0.2) is 4.98 Å². The fourth-order valence-electron chi connectivity index (χ4n) is 2.42. The number of H-pyrrole nitrogens is 1. The van der Waals surface area contributed by atoms with Crippen LogP contribution in [-0.2, 0) is 6.42 Å². The summed E-state index contributed by atoms with van der Waals surface area (Å²) in [6.45, 7) is 3.98. The molecular formula is C17H17N3O2S. The molecule has 0 aliphatic carbocycles. The lowest BCUT2D eigenvalue weighted by Gasteiger charge is -2.12. The van der Waals surface area contributed by atoms with E-state index in [0.29, 0.717) is 16.3 Å². The van der Waals surface area contributed by atoms with Crippen molar-refractivity contribution in [3.8, 4) is 0 Å². The Bertz CT molecular complexity index is 913. The van der Waals surface area contributed by atoms with E-state index in [4.69, 9.17) is 0 Å². The molecule has 1 amide bonds. The highest BCUT2D eigenvalue weighted by atomic mass is 32.1. The summed E-state index contributed by atoms with van der Waals surface area (Å²) >= 11 is 1.60. The van der Waals surface area contributed by atoms with Crippen molar-refractivity contribution in [3.63, 3.8) is 0 Å². The Hall–Kier alpha value is -2.47. The van der Waals surface area contributed by atoms with Gasteiger partial charge in [-0.15, -0.1) is 11.3 Å². The molecule has 6 heteroatoms. The van der Waals surface area contributed by atoms with Gasteiger partial charge >= 0.3 is 0 Å². The van der Waals surface area contributed by atoms with E-state index in [9.17, 15) is 9.59 Å². The predicted octanol–water partition coefficient (Wildman–Crippen LogP) is 3.04. The van der Waals surface area contributed by atoms with Crippen molar-refractivity contribution >= 4 is 28.0 Å². The number of nitrogens with zero attached hydrogens (tertiary/aromatic N) is 1. The van der Waals surface area contributed by atoms with Crippen molar-refractivity contribution in [1.29, 1.82) is 0 Å². The summed E-state index contributed by atoms with van der Waals surface area (Å²) < 4.78 is 0. The van der Waals surface area contributed by atoms with Crippen LogP contribution in [0, 0.1) is 0 Å². The number of aryl methyl sites for hydroxylation is 1. The first-order chi connectivity index (χ1) is 11.1. The van der Waals surface area contributed by atoms with Crippen LogP contribution in [0.3, 0.4) is 0 Å². The standard InChI is InChI=1S/C17H17N3O2S/c1-3-11-8-19-17(23-11)10(2)20-16(22)14-9-18-15(21)13-7-5-4-6-12(13)14/h4-10H,3H2,1-2H3,(H,18,21)(H,20,22)/t10-/m0/s1. The molecule has 2 N–H and O–H groups in total. The van der Waals surface area contributed by atoms with Crippen LogP contribution in [0.5, 0.6) is 0 Å². The summed E-state index contributed by atoms with van der Waals surface area (Å²) in [5.41, 5.74) is 0.261. The Kier molecular flexibility index (Phi) is 4.25. The third-order valence-corrected chi connectivity index (χ3v) is 5.02. The lowest BCUT2D eigenvalue weighted by atomic mass is 10.1. The van der Waals surface area contributed by atoms with Gasteiger partial charge < -0.3 is 10.3 Å². The molecule has 2 heterocycles. The zero-order chi connectivity index (χ0) is 16.4. The quantitative estimate of drug-likeness (QED) is 0.773. The number of rotatable bonds is 4. The second kappa shape index (κ2) is 6.34. The fourth-order valence-corrected chi connectivity index (χ4v) is 3.28. The maximum absolute atomic E-state index is 12.6. The number of fused-ring (bicyclic) bond motifs is 1. The molecule has 2 aromatic heterocycles. The van der Waals surface area contributed by atoms with Gasteiger partial charge in [0.1, 0.15) is 5.01 Å². The summed E-state index contributed by atoms with van der Waals surface area (Å²) in [6, 6.07) is 6.91. The summed E-state index contributed by atoms with van der Waals surface area (Å²) in [4.78, 5) is 32.6. The van der Waals surface area contributed by atoms with Gasteiger partial charge in [0.15, 0.2) is 0 Å². The van der Waals surface area contributed by atoms with Gasteiger partial charge in [-0.3, -0.25) is 9.59 Å². The van der Waals surface area contributed by atoms with Gasteiger partial charge in [-0.05, 0) is 19.4 Å². The summed E-state index contributed by atoms with van der Waals surface area (Å²) in [5, 5.41) is 4.98. The largest absolute Gasteiger partial charge is 0.343 e. The minimum atomic E-state index is -0.224. The summed E-state index contributed by atoms with van der Waals surface area (Å²) in [7, 11) is 0. The average molecular weight is 327 g/mol. The van der Waals surface area contributed by atoms with Gasteiger partial charge in [-0.2, -0.15) is 0 Å². The van der Waals surface area contributed by atoms with Crippen LogP contribution in [-0.4, -0.2) is 15.9 Å². The van der Waals surface area contributed by atoms with Gasteiger partial charge in [0.05, 0.1) is 11.6 Å². The number of hydrogen-bond acceptors (Lipinski definition) is 4. The lowest BCUT2D eigenvalue weighted by Crippen LogP contribution is -2.27. The number of carbonyl (C=O) groups is 1. The Morgan fingerprint density at radius 2 is 2.09 bits per heavy atom. The molecule has 1 aromatic carbocycles. The Morgan fingerprint density at radius 3 is 2.78 bits per heavy atom. The highest BCUT2D eigenvalue weighted by Gasteiger charge is 2.17. The number of carbonyl (C=O) groups excluding carboxylic acids is 1. The molecule has 0 unspecified atom stereocenters. The van der Waals surface area contributed by atoms with Crippen LogP contribution in [0.4, 0.5) is 0 Å².